The van der Waals surface area contributed by atoms with E-state index in [2.05, 4.69) is 0 Å². The van der Waals surface area contributed by atoms with Crippen LogP contribution in [0.2, 0.25) is 0 Å². The van der Waals surface area contributed by atoms with Crippen molar-refractivity contribution in [1.29, 1.82) is 0 Å². The fourth-order valence-electron chi connectivity index (χ4n) is 3.71. The average molecular weight is 284 g/mol. The molecule has 4 rings (SSSR count). The van der Waals surface area contributed by atoms with Crippen molar-refractivity contribution in [3.05, 3.63) is 42.0 Å². The lowest BCUT2D eigenvalue weighted by Gasteiger charge is -2.24. The van der Waals surface area contributed by atoms with E-state index in [1.807, 2.05) is 37.3 Å². The number of aliphatic carboxylic acids is 1. The van der Waals surface area contributed by atoms with Crippen LogP contribution in [0, 0.1) is 18.8 Å². The van der Waals surface area contributed by atoms with E-state index in [1.165, 1.54) is 0 Å². The number of anilines is 1. The van der Waals surface area contributed by atoms with Gasteiger partial charge in [-0.2, -0.15) is 0 Å². The Bertz CT molecular complexity index is 665. The minimum atomic E-state index is -1.21. The summed E-state index contributed by atoms with van der Waals surface area (Å²) in [6.45, 7) is 2.33. The maximum atomic E-state index is 12.7. The largest absolute Gasteiger partial charge is 0.550 e. The summed E-state index contributed by atoms with van der Waals surface area (Å²) in [5.74, 6) is -2.98. The number of carboxylic acid groups (broad SMARTS) is 1. The third kappa shape index (κ3) is 1.55. The summed E-state index contributed by atoms with van der Waals surface area (Å²) in [4.78, 5) is 25.7. The fourth-order valence-corrected chi connectivity index (χ4v) is 3.71. The molecule has 5 heteroatoms. The van der Waals surface area contributed by atoms with E-state index in [4.69, 9.17) is 4.74 Å². The predicted molar refractivity (Wildman–Crippen MR) is 72.3 cm³/mol. The first-order chi connectivity index (χ1) is 10.0. The average Bonchev–Trinajstić information content (AvgIpc) is 3.08. The highest BCUT2D eigenvalue weighted by atomic mass is 16.5. The Balaban J connectivity index is 1.73. The number of carbonyl (C=O) groups is 2. The molecule has 3 aliphatic heterocycles. The van der Waals surface area contributed by atoms with Crippen molar-refractivity contribution in [1.82, 2.24) is 0 Å². The zero-order valence-electron chi connectivity index (χ0n) is 11.5. The van der Waals surface area contributed by atoms with Crippen LogP contribution < -0.4 is 10.0 Å². The highest BCUT2D eigenvalue weighted by Gasteiger charge is 2.65. The van der Waals surface area contributed by atoms with Crippen LogP contribution in [-0.4, -0.2) is 30.1 Å². The summed E-state index contributed by atoms with van der Waals surface area (Å²) in [6.07, 6.45) is 3.04. The zero-order valence-corrected chi connectivity index (χ0v) is 11.5. The van der Waals surface area contributed by atoms with Gasteiger partial charge < -0.3 is 19.5 Å². The summed E-state index contributed by atoms with van der Waals surface area (Å²) in [5.41, 5.74) is 1.07. The van der Waals surface area contributed by atoms with E-state index in [0.717, 1.165) is 11.3 Å². The third-order valence-electron chi connectivity index (χ3n) is 4.72. The first-order valence-corrected chi connectivity index (χ1v) is 6.98. The van der Waals surface area contributed by atoms with Gasteiger partial charge in [0.25, 0.3) is 0 Å². The van der Waals surface area contributed by atoms with Crippen LogP contribution in [0.4, 0.5) is 5.69 Å². The lowest BCUT2D eigenvalue weighted by Crippen LogP contribution is -2.45. The minimum Gasteiger partial charge on any atom is -0.550 e. The van der Waals surface area contributed by atoms with Crippen LogP contribution in [-0.2, 0) is 14.3 Å². The van der Waals surface area contributed by atoms with Crippen LogP contribution in [0.15, 0.2) is 36.4 Å². The van der Waals surface area contributed by atoms with Crippen LogP contribution >= 0.6 is 0 Å². The smallest absolute Gasteiger partial charge is 0.234 e. The Labute approximate surface area is 121 Å². The first-order valence-electron chi connectivity index (χ1n) is 6.98. The number of aryl methyl sites for hydroxylation is 1. The Morgan fingerprint density at radius 1 is 1.38 bits per heavy atom. The summed E-state index contributed by atoms with van der Waals surface area (Å²) < 4.78 is 5.81. The molecule has 4 atom stereocenters. The van der Waals surface area contributed by atoms with Crippen molar-refractivity contribution in [2.45, 2.75) is 18.6 Å². The van der Waals surface area contributed by atoms with Crippen molar-refractivity contribution in [3.63, 3.8) is 0 Å². The van der Waals surface area contributed by atoms with Gasteiger partial charge >= 0.3 is 0 Å². The number of rotatable bonds is 2. The maximum Gasteiger partial charge on any atom is 0.234 e. The second kappa shape index (κ2) is 3.95. The maximum absolute atomic E-state index is 12.7. The Morgan fingerprint density at radius 3 is 2.76 bits per heavy atom. The molecule has 108 valence electrons. The SMILES string of the molecule is Cc1ccc(N2C[C@]34C=C[C@H](O3)[C@H](C(=O)[O-])[C@@H]4C2=O)cc1. The Hall–Kier alpha value is -2.14. The number of ether oxygens (including phenoxy) is 1. The topological polar surface area (TPSA) is 69.7 Å². The van der Waals surface area contributed by atoms with Crippen molar-refractivity contribution in [2.24, 2.45) is 11.8 Å². The van der Waals surface area contributed by atoms with E-state index in [9.17, 15) is 14.7 Å². The molecule has 0 N–H and O–H groups in total. The number of carboxylic acids is 1. The zero-order chi connectivity index (χ0) is 14.8. The lowest BCUT2D eigenvalue weighted by atomic mass is 9.77. The number of hydrogen-bond acceptors (Lipinski definition) is 4. The quantitative estimate of drug-likeness (QED) is 0.719. The molecule has 1 spiro atoms. The molecular weight excluding hydrogens is 270 g/mol. The number of fused-ring (bicyclic) bond motifs is 1. The normalized spacial score (nSPS) is 36.3. The predicted octanol–water partition coefficient (Wildman–Crippen LogP) is 0.0313. The molecule has 1 amide bonds. The molecular formula is C16H14NO4-. The van der Waals surface area contributed by atoms with Gasteiger partial charge in [0.05, 0.1) is 18.6 Å². The third-order valence-corrected chi connectivity index (χ3v) is 4.72. The van der Waals surface area contributed by atoms with E-state index < -0.39 is 29.5 Å². The van der Waals surface area contributed by atoms with Crippen LogP contribution in [0.5, 0.6) is 0 Å². The van der Waals surface area contributed by atoms with E-state index in [0.29, 0.717) is 6.54 Å². The van der Waals surface area contributed by atoms with Crippen molar-refractivity contribution in [2.75, 3.05) is 11.4 Å². The number of benzene rings is 1. The van der Waals surface area contributed by atoms with Crippen LogP contribution in [0.25, 0.3) is 0 Å². The van der Waals surface area contributed by atoms with Gasteiger partial charge in [-0.15, -0.1) is 0 Å². The van der Waals surface area contributed by atoms with Gasteiger partial charge in [-0.05, 0) is 19.1 Å². The molecule has 0 radical (unpaired) electrons. The lowest BCUT2D eigenvalue weighted by molar-refractivity contribution is -0.313. The van der Waals surface area contributed by atoms with Gasteiger partial charge in [0, 0.05) is 17.6 Å². The summed E-state index contributed by atoms with van der Waals surface area (Å²) in [6, 6.07) is 7.60. The standard InChI is InChI=1S/C16H15NO4/c1-9-2-4-10(5-3-9)17-8-16-7-6-11(21-16)12(15(19)20)13(16)14(17)18/h2-7,11-13H,8H2,1H3,(H,19,20)/p-1/t11-,12-,13+,16-/m0/s1. The second-order valence-corrected chi connectivity index (χ2v) is 5.98. The van der Waals surface area contributed by atoms with Gasteiger partial charge in [0.2, 0.25) is 5.91 Å². The molecule has 0 saturated carbocycles. The Morgan fingerprint density at radius 2 is 2.10 bits per heavy atom. The molecule has 0 unspecified atom stereocenters. The number of nitrogens with zero attached hydrogens (tertiary/aromatic N) is 1. The highest BCUT2D eigenvalue weighted by Crippen LogP contribution is 2.52. The molecule has 2 saturated heterocycles. The highest BCUT2D eigenvalue weighted by molar-refractivity contribution is 6.02. The summed E-state index contributed by atoms with van der Waals surface area (Å²) in [7, 11) is 0. The van der Waals surface area contributed by atoms with Crippen molar-refractivity contribution >= 4 is 17.6 Å². The Kier molecular flexibility index (Phi) is 2.37. The summed E-state index contributed by atoms with van der Waals surface area (Å²) >= 11 is 0. The van der Waals surface area contributed by atoms with E-state index in [-0.39, 0.29) is 5.91 Å². The number of hydrogen-bond donors (Lipinski definition) is 0. The van der Waals surface area contributed by atoms with E-state index >= 15 is 0 Å². The minimum absolute atomic E-state index is 0.195. The molecule has 1 aromatic rings. The second-order valence-electron chi connectivity index (χ2n) is 5.98. The molecule has 3 heterocycles. The molecule has 0 aromatic heterocycles. The van der Waals surface area contributed by atoms with Crippen LogP contribution in [0.3, 0.4) is 0 Å². The number of amides is 1. The van der Waals surface area contributed by atoms with Gasteiger partial charge in [0.1, 0.15) is 5.60 Å². The first kappa shape index (κ1) is 12.6. The monoisotopic (exact) mass is 284 g/mol. The van der Waals surface area contributed by atoms with E-state index in [1.54, 1.807) is 11.0 Å². The molecule has 21 heavy (non-hydrogen) atoms. The number of carbonyl (C=O) groups excluding carboxylic acids is 2. The fraction of sp³-hybridized carbons (Fsp3) is 0.375. The van der Waals surface area contributed by atoms with Crippen molar-refractivity contribution in [3.8, 4) is 0 Å². The molecule has 2 fully saturated rings. The van der Waals surface area contributed by atoms with Gasteiger partial charge in [0.15, 0.2) is 0 Å². The molecule has 2 bridgehead atoms. The van der Waals surface area contributed by atoms with Gasteiger partial charge in [-0.25, -0.2) is 0 Å². The molecule has 5 nitrogen and oxygen atoms in total. The van der Waals surface area contributed by atoms with Gasteiger partial charge in [-0.3, -0.25) is 4.79 Å². The summed E-state index contributed by atoms with van der Waals surface area (Å²) in [5, 5.41) is 11.4. The van der Waals surface area contributed by atoms with Gasteiger partial charge in [-0.1, -0.05) is 29.8 Å². The van der Waals surface area contributed by atoms with Crippen molar-refractivity contribution < 1.29 is 19.4 Å². The van der Waals surface area contributed by atoms with Crippen LogP contribution in [0.1, 0.15) is 5.56 Å². The molecule has 1 aromatic carbocycles. The molecule has 3 aliphatic rings. The molecule has 0 aliphatic carbocycles.